The maximum absolute atomic E-state index is 11.6. The number of hydrogen-bond acceptors (Lipinski definition) is 11. The molecule has 1 saturated heterocycles. The predicted molar refractivity (Wildman–Crippen MR) is 83.7 cm³/mol. The van der Waals surface area contributed by atoms with Crippen LogP contribution in [0.4, 0.5) is 0 Å². The summed E-state index contributed by atoms with van der Waals surface area (Å²) in [5.41, 5.74) is 0. The van der Waals surface area contributed by atoms with Gasteiger partial charge in [0.2, 0.25) is 6.10 Å². The molecular formula is C16H22O11. The van der Waals surface area contributed by atoms with E-state index in [9.17, 15) is 24.0 Å². The first-order valence-corrected chi connectivity index (χ1v) is 7.95. The van der Waals surface area contributed by atoms with Gasteiger partial charge in [-0.3, -0.25) is 24.0 Å². The molecule has 0 saturated carbocycles. The Labute approximate surface area is 155 Å². The van der Waals surface area contributed by atoms with Gasteiger partial charge in [0.15, 0.2) is 12.7 Å². The third kappa shape index (κ3) is 6.51. The van der Waals surface area contributed by atoms with Gasteiger partial charge >= 0.3 is 29.8 Å². The van der Waals surface area contributed by atoms with Crippen LogP contribution in [0.15, 0.2) is 0 Å². The van der Waals surface area contributed by atoms with Crippen molar-refractivity contribution in [1.82, 2.24) is 0 Å². The lowest BCUT2D eigenvalue weighted by Gasteiger charge is -2.32. The fourth-order valence-electron chi connectivity index (χ4n) is 2.50. The molecular weight excluding hydrogens is 368 g/mol. The van der Waals surface area contributed by atoms with E-state index in [1.54, 1.807) is 0 Å². The zero-order valence-corrected chi connectivity index (χ0v) is 15.6. The molecule has 4 atom stereocenters. The van der Waals surface area contributed by atoms with Crippen LogP contribution < -0.4 is 0 Å². The van der Waals surface area contributed by atoms with Crippen LogP contribution in [0, 0.1) is 0 Å². The van der Waals surface area contributed by atoms with E-state index in [1.165, 1.54) is 0 Å². The standard InChI is InChI=1S/C16H22O11/c1-8(17)22-6-13-14(24-10(3)19)15(25-11(4)20)16(27-13,26-12(5)21)7-23-9(2)18/h13-15H,6-7H2,1-5H3. The summed E-state index contributed by atoms with van der Waals surface area (Å²) < 4.78 is 30.9. The minimum absolute atomic E-state index is 0.395. The Morgan fingerprint density at radius 3 is 1.78 bits per heavy atom. The van der Waals surface area contributed by atoms with Crippen LogP contribution in [-0.2, 0) is 52.4 Å². The Hall–Kier alpha value is -2.69. The van der Waals surface area contributed by atoms with E-state index < -0.39 is 67.2 Å². The molecule has 11 heteroatoms. The number of carbonyl (C=O) groups excluding carboxylic acids is 5. The first kappa shape index (κ1) is 22.4. The van der Waals surface area contributed by atoms with Gasteiger partial charge in [-0.1, -0.05) is 0 Å². The fourth-order valence-corrected chi connectivity index (χ4v) is 2.50. The van der Waals surface area contributed by atoms with Gasteiger partial charge in [-0.2, -0.15) is 0 Å². The molecule has 1 heterocycles. The van der Waals surface area contributed by atoms with Crippen LogP contribution in [0.1, 0.15) is 34.6 Å². The van der Waals surface area contributed by atoms with Gasteiger partial charge in [0, 0.05) is 34.6 Å². The van der Waals surface area contributed by atoms with Gasteiger partial charge in [-0.05, 0) is 0 Å². The van der Waals surface area contributed by atoms with E-state index in [2.05, 4.69) is 0 Å². The van der Waals surface area contributed by atoms with E-state index in [1.807, 2.05) is 0 Å². The fraction of sp³-hybridized carbons (Fsp3) is 0.688. The van der Waals surface area contributed by atoms with Gasteiger partial charge in [0.25, 0.3) is 5.79 Å². The Morgan fingerprint density at radius 2 is 1.33 bits per heavy atom. The van der Waals surface area contributed by atoms with Crippen molar-refractivity contribution in [3.8, 4) is 0 Å². The Morgan fingerprint density at radius 1 is 0.778 bits per heavy atom. The predicted octanol–water partition coefficient (Wildman–Crippen LogP) is -0.366. The average Bonchev–Trinajstić information content (AvgIpc) is 2.76. The molecule has 1 rings (SSSR count). The molecule has 0 aromatic heterocycles. The highest BCUT2D eigenvalue weighted by molar-refractivity contribution is 5.69. The number of esters is 5. The normalized spacial score (nSPS) is 26.6. The molecule has 1 fully saturated rings. The summed E-state index contributed by atoms with van der Waals surface area (Å²) in [6.45, 7) is 4.46. The molecule has 0 aliphatic carbocycles. The summed E-state index contributed by atoms with van der Waals surface area (Å²) in [7, 11) is 0. The van der Waals surface area contributed by atoms with Crippen LogP contribution in [0.25, 0.3) is 0 Å². The van der Waals surface area contributed by atoms with Crippen molar-refractivity contribution in [2.45, 2.75) is 58.7 Å². The van der Waals surface area contributed by atoms with Crippen molar-refractivity contribution in [3.63, 3.8) is 0 Å². The molecule has 152 valence electrons. The van der Waals surface area contributed by atoms with E-state index in [-0.39, 0.29) is 0 Å². The topological polar surface area (TPSA) is 141 Å². The highest BCUT2D eigenvalue weighted by Gasteiger charge is 2.63. The van der Waals surface area contributed by atoms with Gasteiger partial charge in [-0.25, -0.2) is 0 Å². The summed E-state index contributed by atoms with van der Waals surface area (Å²) in [6, 6.07) is 0. The van der Waals surface area contributed by atoms with Crippen molar-refractivity contribution in [2.75, 3.05) is 13.2 Å². The van der Waals surface area contributed by atoms with E-state index in [0.717, 1.165) is 34.6 Å². The quantitative estimate of drug-likeness (QED) is 0.415. The largest absolute Gasteiger partial charge is 0.463 e. The first-order chi connectivity index (χ1) is 12.5. The number of ether oxygens (including phenoxy) is 6. The maximum atomic E-state index is 11.6. The molecule has 0 radical (unpaired) electrons. The molecule has 0 N–H and O–H groups in total. The Bertz CT molecular complexity index is 613. The van der Waals surface area contributed by atoms with E-state index >= 15 is 0 Å². The smallest absolute Gasteiger partial charge is 0.305 e. The average molecular weight is 390 g/mol. The van der Waals surface area contributed by atoms with Gasteiger partial charge in [0.05, 0.1) is 0 Å². The van der Waals surface area contributed by atoms with Crippen LogP contribution in [-0.4, -0.2) is 67.2 Å². The number of carbonyl (C=O) groups is 5. The van der Waals surface area contributed by atoms with Crippen LogP contribution in [0.2, 0.25) is 0 Å². The van der Waals surface area contributed by atoms with Crippen molar-refractivity contribution in [1.29, 1.82) is 0 Å². The highest BCUT2D eigenvalue weighted by Crippen LogP contribution is 2.37. The maximum Gasteiger partial charge on any atom is 0.305 e. The van der Waals surface area contributed by atoms with Crippen LogP contribution in [0.5, 0.6) is 0 Å². The van der Waals surface area contributed by atoms with Crippen LogP contribution in [0.3, 0.4) is 0 Å². The van der Waals surface area contributed by atoms with Crippen molar-refractivity contribution in [2.24, 2.45) is 0 Å². The van der Waals surface area contributed by atoms with Gasteiger partial charge in [0.1, 0.15) is 12.7 Å². The zero-order chi connectivity index (χ0) is 20.8. The highest BCUT2D eigenvalue weighted by atomic mass is 16.8. The van der Waals surface area contributed by atoms with Crippen LogP contribution >= 0.6 is 0 Å². The molecule has 11 nitrogen and oxygen atoms in total. The molecule has 0 spiro atoms. The summed E-state index contributed by atoms with van der Waals surface area (Å²) >= 11 is 0. The molecule has 1 aliphatic heterocycles. The van der Waals surface area contributed by atoms with Crippen molar-refractivity contribution >= 4 is 29.8 Å². The van der Waals surface area contributed by atoms with Crippen molar-refractivity contribution in [3.05, 3.63) is 0 Å². The minimum Gasteiger partial charge on any atom is -0.463 e. The summed E-state index contributed by atoms with van der Waals surface area (Å²) in [5, 5.41) is 0. The SMILES string of the molecule is CC(=O)OCC1OC(COC(C)=O)(OC(C)=O)C(OC(C)=O)C1OC(C)=O. The second-order valence-electron chi connectivity index (χ2n) is 5.75. The zero-order valence-electron chi connectivity index (χ0n) is 15.6. The second-order valence-corrected chi connectivity index (χ2v) is 5.75. The molecule has 0 aromatic carbocycles. The lowest BCUT2D eigenvalue weighted by atomic mass is 10.0. The third-order valence-corrected chi connectivity index (χ3v) is 3.29. The van der Waals surface area contributed by atoms with Gasteiger partial charge < -0.3 is 28.4 Å². The summed E-state index contributed by atoms with van der Waals surface area (Å²) in [5.74, 6) is -5.84. The monoisotopic (exact) mass is 390 g/mol. The Kier molecular flexibility index (Phi) is 7.70. The van der Waals surface area contributed by atoms with E-state index in [4.69, 9.17) is 28.4 Å². The van der Waals surface area contributed by atoms with Crippen molar-refractivity contribution < 1.29 is 52.4 Å². The molecule has 27 heavy (non-hydrogen) atoms. The Balaban J connectivity index is 3.32. The molecule has 0 amide bonds. The first-order valence-electron chi connectivity index (χ1n) is 7.95. The lowest BCUT2D eigenvalue weighted by molar-refractivity contribution is -0.270. The van der Waals surface area contributed by atoms with Gasteiger partial charge in [-0.15, -0.1) is 0 Å². The molecule has 1 aliphatic rings. The summed E-state index contributed by atoms with van der Waals surface area (Å²) in [6.07, 6.45) is -3.92. The number of hydrogen-bond donors (Lipinski definition) is 0. The molecule has 0 bridgehead atoms. The molecule has 0 aromatic rings. The number of rotatable bonds is 7. The van der Waals surface area contributed by atoms with E-state index in [0.29, 0.717) is 0 Å². The molecule has 4 unspecified atom stereocenters. The minimum atomic E-state index is -2.09. The summed E-state index contributed by atoms with van der Waals surface area (Å²) in [4.78, 5) is 57.0. The lowest BCUT2D eigenvalue weighted by Crippen LogP contribution is -2.53. The second kappa shape index (κ2) is 9.31. The third-order valence-electron chi connectivity index (χ3n) is 3.29.